The Hall–Kier alpha value is -1.67. The van der Waals surface area contributed by atoms with Gasteiger partial charge in [-0.05, 0) is 0 Å². The predicted octanol–water partition coefficient (Wildman–Crippen LogP) is -1.43. The van der Waals surface area contributed by atoms with Gasteiger partial charge in [-0.1, -0.05) is 13.8 Å². The normalized spacial score (nSPS) is 13.4. The molecular weight excluding hydrogens is 232 g/mol. The lowest BCUT2D eigenvalue weighted by molar-refractivity contribution is -0.272. The third-order valence-electron chi connectivity index (χ3n) is 1.88. The number of carbonyl (C=O) groups is 3. The molecule has 1 atom stereocenters. The summed E-state index contributed by atoms with van der Waals surface area (Å²) in [6.45, 7) is 2.53. The SMILES string of the molecule is CCC(=O)OOC(=O)C(O)(CC)NC(=O)CN. The molecule has 0 saturated carbocycles. The van der Waals surface area contributed by atoms with Gasteiger partial charge in [-0.2, -0.15) is 0 Å². The maximum absolute atomic E-state index is 11.4. The highest BCUT2D eigenvalue weighted by molar-refractivity contribution is 5.87. The van der Waals surface area contributed by atoms with Crippen molar-refractivity contribution in [2.24, 2.45) is 5.73 Å². The lowest BCUT2D eigenvalue weighted by atomic mass is 10.1. The highest BCUT2D eigenvalue weighted by Gasteiger charge is 2.39. The quantitative estimate of drug-likeness (QED) is 0.309. The van der Waals surface area contributed by atoms with Gasteiger partial charge in [0.1, 0.15) is 0 Å². The Kier molecular flexibility index (Phi) is 6.15. The molecule has 17 heavy (non-hydrogen) atoms. The molecule has 8 heteroatoms. The molecule has 8 nitrogen and oxygen atoms in total. The molecule has 0 aromatic carbocycles. The van der Waals surface area contributed by atoms with Gasteiger partial charge in [0.05, 0.1) is 6.54 Å². The average Bonchev–Trinajstić information content (AvgIpc) is 2.34. The fraction of sp³-hybridized carbons (Fsp3) is 0.667. The Bertz CT molecular complexity index is 306. The molecule has 0 radical (unpaired) electrons. The van der Waals surface area contributed by atoms with E-state index < -0.39 is 30.1 Å². The third-order valence-corrected chi connectivity index (χ3v) is 1.88. The molecule has 0 saturated heterocycles. The Morgan fingerprint density at radius 1 is 1.29 bits per heavy atom. The van der Waals surface area contributed by atoms with Crippen molar-refractivity contribution in [1.82, 2.24) is 5.32 Å². The van der Waals surface area contributed by atoms with E-state index in [9.17, 15) is 19.5 Å². The van der Waals surface area contributed by atoms with E-state index in [1.807, 2.05) is 5.32 Å². The summed E-state index contributed by atoms with van der Waals surface area (Å²) in [6.07, 6.45) is -0.158. The summed E-state index contributed by atoms with van der Waals surface area (Å²) in [5.41, 5.74) is 2.76. The summed E-state index contributed by atoms with van der Waals surface area (Å²) in [5.74, 6) is -2.81. The molecule has 0 spiro atoms. The van der Waals surface area contributed by atoms with Crippen LogP contribution in [0.3, 0.4) is 0 Å². The van der Waals surface area contributed by atoms with Crippen molar-refractivity contribution in [3.8, 4) is 0 Å². The Morgan fingerprint density at radius 3 is 2.29 bits per heavy atom. The Morgan fingerprint density at radius 2 is 1.88 bits per heavy atom. The van der Waals surface area contributed by atoms with Crippen LogP contribution in [0.15, 0.2) is 0 Å². The van der Waals surface area contributed by atoms with Crippen LogP contribution >= 0.6 is 0 Å². The van der Waals surface area contributed by atoms with Crippen LogP contribution in [0.2, 0.25) is 0 Å². The lowest BCUT2D eigenvalue weighted by Gasteiger charge is -2.23. The van der Waals surface area contributed by atoms with Gasteiger partial charge >= 0.3 is 11.9 Å². The van der Waals surface area contributed by atoms with E-state index in [4.69, 9.17) is 5.73 Å². The number of carbonyl (C=O) groups excluding carboxylic acids is 3. The highest BCUT2D eigenvalue weighted by atomic mass is 17.2. The summed E-state index contributed by atoms with van der Waals surface area (Å²) in [6, 6.07) is 0. The molecule has 0 aliphatic rings. The van der Waals surface area contributed by atoms with Gasteiger partial charge in [-0.25, -0.2) is 19.4 Å². The predicted molar refractivity (Wildman–Crippen MR) is 54.9 cm³/mol. The third kappa shape index (κ3) is 4.79. The van der Waals surface area contributed by atoms with Crippen LogP contribution in [0.4, 0.5) is 0 Å². The van der Waals surface area contributed by atoms with Crippen LogP contribution in [0.1, 0.15) is 26.7 Å². The molecule has 0 heterocycles. The largest absolute Gasteiger partial charge is 0.407 e. The van der Waals surface area contributed by atoms with Gasteiger partial charge in [-0.3, -0.25) is 4.79 Å². The molecule has 0 aliphatic carbocycles. The van der Waals surface area contributed by atoms with Crippen molar-refractivity contribution in [3.05, 3.63) is 0 Å². The van der Waals surface area contributed by atoms with Crippen molar-refractivity contribution in [3.63, 3.8) is 0 Å². The topological polar surface area (TPSA) is 128 Å². The molecule has 98 valence electrons. The number of amides is 1. The molecule has 0 aromatic rings. The summed E-state index contributed by atoms with van der Waals surface area (Å²) in [5, 5.41) is 11.7. The number of nitrogens with two attached hydrogens (primary N) is 1. The van der Waals surface area contributed by atoms with Crippen molar-refractivity contribution < 1.29 is 29.3 Å². The molecule has 1 amide bonds. The van der Waals surface area contributed by atoms with E-state index in [2.05, 4.69) is 9.78 Å². The summed E-state index contributed by atoms with van der Waals surface area (Å²) in [4.78, 5) is 41.2. The van der Waals surface area contributed by atoms with Crippen LogP contribution in [-0.2, 0) is 24.2 Å². The second-order valence-corrected chi connectivity index (χ2v) is 3.15. The van der Waals surface area contributed by atoms with E-state index in [-0.39, 0.29) is 12.8 Å². The lowest BCUT2D eigenvalue weighted by Crippen LogP contribution is -2.56. The number of nitrogens with one attached hydrogen (secondary N) is 1. The average molecular weight is 248 g/mol. The maximum Gasteiger partial charge on any atom is 0.407 e. The molecule has 0 fully saturated rings. The zero-order chi connectivity index (χ0) is 13.5. The second kappa shape index (κ2) is 6.81. The van der Waals surface area contributed by atoms with Crippen molar-refractivity contribution in [2.45, 2.75) is 32.4 Å². The summed E-state index contributed by atoms with van der Waals surface area (Å²) >= 11 is 0. The van der Waals surface area contributed by atoms with Crippen molar-refractivity contribution >= 4 is 17.8 Å². The van der Waals surface area contributed by atoms with E-state index in [0.717, 1.165) is 0 Å². The Labute approximate surface area is 98.0 Å². The maximum atomic E-state index is 11.4. The van der Waals surface area contributed by atoms with E-state index in [0.29, 0.717) is 0 Å². The minimum atomic E-state index is -2.26. The highest BCUT2D eigenvalue weighted by Crippen LogP contribution is 2.09. The fourth-order valence-electron chi connectivity index (χ4n) is 0.778. The molecule has 0 aromatic heterocycles. The van der Waals surface area contributed by atoms with Gasteiger partial charge in [0.15, 0.2) is 0 Å². The molecular formula is C9H16N2O6. The molecule has 0 aliphatic heterocycles. The van der Waals surface area contributed by atoms with Gasteiger partial charge in [0.25, 0.3) is 0 Å². The van der Waals surface area contributed by atoms with Crippen LogP contribution in [0.5, 0.6) is 0 Å². The van der Waals surface area contributed by atoms with Crippen molar-refractivity contribution in [2.75, 3.05) is 6.54 Å². The summed E-state index contributed by atoms with van der Waals surface area (Å²) in [7, 11) is 0. The van der Waals surface area contributed by atoms with E-state index >= 15 is 0 Å². The number of hydrogen-bond donors (Lipinski definition) is 3. The standard InChI is InChI=1S/C9H16N2O6/c1-3-7(13)16-17-8(14)9(15,4-2)11-6(12)5-10/h15H,3-5,10H2,1-2H3,(H,11,12). The zero-order valence-corrected chi connectivity index (χ0v) is 9.69. The zero-order valence-electron chi connectivity index (χ0n) is 9.69. The van der Waals surface area contributed by atoms with Crippen LogP contribution < -0.4 is 11.1 Å². The molecule has 1 unspecified atom stereocenters. The monoisotopic (exact) mass is 248 g/mol. The van der Waals surface area contributed by atoms with Crippen molar-refractivity contribution in [1.29, 1.82) is 0 Å². The van der Waals surface area contributed by atoms with Gasteiger partial charge in [-0.15, -0.1) is 0 Å². The molecule has 0 rings (SSSR count). The minimum Gasteiger partial charge on any atom is -0.362 e. The smallest absolute Gasteiger partial charge is 0.362 e. The minimum absolute atomic E-state index is 0.00694. The number of hydrogen-bond acceptors (Lipinski definition) is 7. The van der Waals surface area contributed by atoms with Crippen LogP contribution in [-0.4, -0.2) is 35.2 Å². The first-order valence-electron chi connectivity index (χ1n) is 5.04. The first kappa shape index (κ1) is 15.3. The van der Waals surface area contributed by atoms with Gasteiger partial charge in [0, 0.05) is 12.8 Å². The van der Waals surface area contributed by atoms with E-state index in [1.165, 1.54) is 13.8 Å². The second-order valence-electron chi connectivity index (χ2n) is 3.15. The van der Waals surface area contributed by atoms with Gasteiger partial charge < -0.3 is 16.2 Å². The molecule has 4 N–H and O–H groups in total. The van der Waals surface area contributed by atoms with Crippen LogP contribution in [0.25, 0.3) is 0 Å². The Balaban J connectivity index is 4.47. The van der Waals surface area contributed by atoms with Crippen LogP contribution in [0, 0.1) is 0 Å². The number of aliphatic hydroxyl groups is 1. The molecule has 0 bridgehead atoms. The first-order valence-corrected chi connectivity index (χ1v) is 5.04. The fourth-order valence-corrected chi connectivity index (χ4v) is 0.778. The van der Waals surface area contributed by atoms with Gasteiger partial charge in [0.2, 0.25) is 11.6 Å². The number of rotatable bonds is 5. The van der Waals surface area contributed by atoms with E-state index in [1.54, 1.807) is 0 Å². The first-order chi connectivity index (χ1) is 7.89. The summed E-state index contributed by atoms with van der Waals surface area (Å²) < 4.78 is 0.